The molecule has 5 nitrogen and oxygen atoms in total. The third-order valence-corrected chi connectivity index (χ3v) is 4.26. The van der Waals surface area contributed by atoms with E-state index in [0.29, 0.717) is 12.6 Å². The van der Waals surface area contributed by atoms with Crippen molar-refractivity contribution < 1.29 is 4.79 Å². The van der Waals surface area contributed by atoms with Crippen molar-refractivity contribution in [1.29, 1.82) is 0 Å². The Morgan fingerprint density at radius 2 is 2.09 bits per heavy atom. The second kappa shape index (κ2) is 8.03. The second-order valence-electron chi connectivity index (χ2n) is 6.17. The van der Waals surface area contributed by atoms with Gasteiger partial charge < -0.3 is 15.5 Å². The van der Waals surface area contributed by atoms with Crippen molar-refractivity contribution in [2.24, 2.45) is 0 Å². The molecule has 0 aliphatic carbocycles. The maximum Gasteiger partial charge on any atom is 0.319 e. The van der Waals surface area contributed by atoms with E-state index in [1.165, 1.54) is 19.3 Å². The molecule has 1 aromatic carbocycles. The van der Waals surface area contributed by atoms with Crippen LogP contribution in [-0.2, 0) is 0 Å². The van der Waals surface area contributed by atoms with E-state index in [-0.39, 0.29) is 6.03 Å². The van der Waals surface area contributed by atoms with Gasteiger partial charge in [-0.05, 0) is 38.4 Å². The van der Waals surface area contributed by atoms with E-state index in [9.17, 15) is 4.79 Å². The highest BCUT2D eigenvalue weighted by Gasteiger charge is 2.17. The fourth-order valence-electron chi connectivity index (χ4n) is 2.94. The van der Waals surface area contributed by atoms with Crippen molar-refractivity contribution in [2.75, 3.05) is 43.9 Å². The Balaban J connectivity index is 1.78. The predicted molar refractivity (Wildman–Crippen MR) is 92.7 cm³/mol. The highest BCUT2D eigenvalue weighted by molar-refractivity contribution is 5.93. The first-order valence-corrected chi connectivity index (χ1v) is 8.13. The molecular formula is C17H28N4O. The number of piperidine rings is 1. The minimum absolute atomic E-state index is 0.140. The van der Waals surface area contributed by atoms with Crippen LogP contribution >= 0.6 is 0 Å². The van der Waals surface area contributed by atoms with Crippen LogP contribution in [0, 0.1) is 0 Å². The fourth-order valence-corrected chi connectivity index (χ4v) is 2.94. The van der Waals surface area contributed by atoms with Gasteiger partial charge >= 0.3 is 6.03 Å². The Bertz CT molecular complexity index is 489. The van der Waals surface area contributed by atoms with Crippen LogP contribution in [0.15, 0.2) is 24.3 Å². The van der Waals surface area contributed by atoms with E-state index in [4.69, 9.17) is 0 Å². The third kappa shape index (κ3) is 4.63. The molecule has 1 unspecified atom stereocenters. The lowest BCUT2D eigenvalue weighted by molar-refractivity contribution is 0.162. The molecule has 1 aliphatic heterocycles. The zero-order chi connectivity index (χ0) is 15.9. The molecule has 0 spiro atoms. The smallest absolute Gasteiger partial charge is 0.319 e. The van der Waals surface area contributed by atoms with Gasteiger partial charge in [-0.1, -0.05) is 18.6 Å². The largest absolute Gasteiger partial charge is 0.376 e. The summed E-state index contributed by atoms with van der Waals surface area (Å²) in [5, 5.41) is 5.89. The molecule has 5 heteroatoms. The Labute approximate surface area is 133 Å². The van der Waals surface area contributed by atoms with Gasteiger partial charge in [0.25, 0.3) is 0 Å². The Morgan fingerprint density at radius 3 is 2.82 bits per heavy atom. The first-order valence-electron chi connectivity index (χ1n) is 8.13. The summed E-state index contributed by atoms with van der Waals surface area (Å²) in [5.41, 5.74) is 1.83. The van der Waals surface area contributed by atoms with Crippen LogP contribution in [0.4, 0.5) is 16.2 Å². The van der Waals surface area contributed by atoms with E-state index in [0.717, 1.165) is 24.5 Å². The predicted octanol–water partition coefficient (Wildman–Crippen LogP) is 2.75. The topological polar surface area (TPSA) is 47.6 Å². The molecule has 22 heavy (non-hydrogen) atoms. The number of amides is 2. The minimum atomic E-state index is -0.140. The summed E-state index contributed by atoms with van der Waals surface area (Å²) < 4.78 is 0. The summed E-state index contributed by atoms with van der Waals surface area (Å²) in [5.74, 6) is 0. The van der Waals surface area contributed by atoms with Crippen LogP contribution in [-0.4, -0.2) is 50.7 Å². The lowest BCUT2D eigenvalue weighted by atomic mass is 10.0. The number of para-hydroxylation sites is 2. The van der Waals surface area contributed by atoms with Crippen LogP contribution in [0.1, 0.15) is 26.2 Å². The number of hydrogen-bond acceptors (Lipinski definition) is 3. The summed E-state index contributed by atoms with van der Waals surface area (Å²) in [6.07, 6.45) is 3.86. The average molecular weight is 304 g/mol. The molecule has 1 aromatic rings. The normalized spacial score (nSPS) is 18.8. The molecule has 0 radical (unpaired) electrons. The van der Waals surface area contributed by atoms with Gasteiger partial charge in [-0.2, -0.15) is 0 Å². The molecule has 0 bridgehead atoms. The maximum atomic E-state index is 12.1. The van der Waals surface area contributed by atoms with Gasteiger partial charge in [0, 0.05) is 33.2 Å². The zero-order valence-electron chi connectivity index (χ0n) is 13.9. The number of anilines is 2. The average Bonchev–Trinajstić information content (AvgIpc) is 2.49. The number of nitrogens with one attached hydrogen (secondary N) is 2. The van der Waals surface area contributed by atoms with Crippen molar-refractivity contribution in [1.82, 2.24) is 10.2 Å². The van der Waals surface area contributed by atoms with Crippen LogP contribution in [0.25, 0.3) is 0 Å². The minimum Gasteiger partial charge on any atom is -0.376 e. The summed E-state index contributed by atoms with van der Waals surface area (Å²) in [6, 6.07) is 8.30. The Hall–Kier alpha value is -1.75. The van der Waals surface area contributed by atoms with Crippen molar-refractivity contribution in [3.05, 3.63) is 24.3 Å². The summed E-state index contributed by atoms with van der Waals surface area (Å²) in [7, 11) is 3.94. The molecular weight excluding hydrogens is 276 g/mol. The zero-order valence-corrected chi connectivity index (χ0v) is 13.9. The highest BCUT2D eigenvalue weighted by Crippen LogP contribution is 2.23. The number of carbonyl (C=O) groups is 1. The van der Waals surface area contributed by atoms with Crippen LogP contribution < -0.4 is 15.5 Å². The number of rotatable bonds is 5. The van der Waals surface area contributed by atoms with Crippen molar-refractivity contribution >= 4 is 17.4 Å². The molecule has 0 saturated carbocycles. The van der Waals surface area contributed by atoms with E-state index >= 15 is 0 Å². The molecule has 122 valence electrons. The molecule has 2 N–H and O–H groups in total. The molecule has 0 aromatic heterocycles. The molecule has 1 aliphatic rings. The quantitative estimate of drug-likeness (QED) is 0.879. The lowest BCUT2D eigenvalue weighted by Gasteiger charge is -2.33. The number of likely N-dealkylation sites (tertiary alicyclic amines) is 1. The first kappa shape index (κ1) is 16.6. The van der Waals surface area contributed by atoms with Crippen molar-refractivity contribution in [3.8, 4) is 0 Å². The van der Waals surface area contributed by atoms with Gasteiger partial charge in [0.1, 0.15) is 0 Å². The van der Waals surface area contributed by atoms with Crippen LogP contribution in [0.3, 0.4) is 0 Å². The fraction of sp³-hybridized carbons (Fsp3) is 0.588. The monoisotopic (exact) mass is 304 g/mol. The number of hydrogen-bond donors (Lipinski definition) is 2. The standard InChI is InChI=1S/C17H28N4O/c1-14-8-6-7-12-21(14)13-11-18-17(22)19-15-9-4-5-10-16(15)20(2)3/h4-5,9-10,14H,6-8,11-13H2,1-3H3,(H2,18,19,22). The lowest BCUT2D eigenvalue weighted by Crippen LogP contribution is -2.43. The maximum absolute atomic E-state index is 12.1. The van der Waals surface area contributed by atoms with Crippen LogP contribution in [0.2, 0.25) is 0 Å². The van der Waals surface area contributed by atoms with Crippen molar-refractivity contribution in [3.63, 3.8) is 0 Å². The number of benzene rings is 1. The van der Waals surface area contributed by atoms with Gasteiger partial charge in [-0.3, -0.25) is 4.90 Å². The van der Waals surface area contributed by atoms with Gasteiger partial charge in [-0.15, -0.1) is 0 Å². The molecule has 2 rings (SSSR count). The van der Waals surface area contributed by atoms with Crippen LogP contribution in [0.5, 0.6) is 0 Å². The van der Waals surface area contributed by atoms with E-state index in [1.807, 2.05) is 43.3 Å². The first-order chi connectivity index (χ1) is 10.6. The van der Waals surface area contributed by atoms with Gasteiger partial charge in [0.05, 0.1) is 11.4 Å². The molecule has 1 heterocycles. The van der Waals surface area contributed by atoms with Crippen molar-refractivity contribution in [2.45, 2.75) is 32.2 Å². The number of nitrogens with zero attached hydrogens (tertiary/aromatic N) is 2. The molecule has 1 atom stereocenters. The third-order valence-electron chi connectivity index (χ3n) is 4.26. The van der Waals surface area contributed by atoms with E-state index in [2.05, 4.69) is 22.5 Å². The SMILES string of the molecule is CC1CCCCN1CCNC(=O)Nc1ccccc1N(C)C. The summed E-state index contributed by atoms with van der Waals surface area (Å²) in [6.45, 7) is 5.02. The number of carbonyl (C=O) groups excluding carboxylic acids is 1. The van der Waals surface area contributed by atoms with Gasteiger partial charge in [-0.25, -0.2) is 4.79 Å². The van der Waals surface area contributed by atoms with E-state index in [1.54, 1.807) is 0 Å². The van der Waals surface area contributed by atoms with Gasteiger partial charge in [0.2, 0.25) is 0 Å². The van der Waals surface area contributed by atoms with Gasteiger partial charge in [0.15, 0.2) is 0 Å². The number of urea groups is 1. The Morgan fingerprint density at radius 1 is 1.32 bits per heavy atom. The Kier molecular flexibility index (Phi) is 6.07. The molecule has 1 saturated heterocycles. The molecule has 1 fully saturated rings. The second-order valence-corrected chi connectivity index (χ2v) is 6.17. The van der Waals surface area contributed by atoms with E-state index < -0.39 is 0 Å². The highest BCUT2D eigenvalue weighted by atomic mass is 16.2. The molecule has 2 amide bonds. The summed E-state index contributed by atoms with van der Waals surface area (Å²) in [4.78, 5) is 16.5. The summed E-state index contributed by atoms with van der Waals surface area (Å²) >= 11 is 0.